The zero-order valence-electron chi connectivity index (χ0n) is 11.6. The summed E-state index contributed by atoms with van der Waals surface area (Å²) < 4.78 is 2.07. The summed E-state index contributed by atoms with van der Waals surface area (Å²) in [5.74, 6) is 0. The predicted octanol–water partition coefficient (Wildman–Crippen LogP) is 4.05. The number of aromatic nitrogens is 4. The third-order valence-electron chi connectivity index (χ3n) is 3.75. The van der Waals surface area contributed by atoms with Crippen molar-refractivity contribution in [3.05, 3.63) is 83.7 Å². The Morgan fingerprint density at radius 3 is 2.82 bits per heavy atom. The van der Waals surface area contributed by atoms with Gasteiger partial charge in [0.25, 0.3) is 0 Å². The number of rotatable bonds is 3. The lowest BCUT2D eigenvalue weighted by molar-refractivity contribution is 0.677. The largest absolute Gasteiger partial charge is 0.345 e. The van der Waals surface area contributed by atoms with E-state index < -0.39 is 0 Å². The summed E-state index contributed by atoms with van der Waals surface area (Å²) in [6, 6.07) is 14.2. The van der Waals surface area contributed by atoms with Crippen LogP contribution in [0.5, 0.6) is 0 Å². The Kier molecular flexibility index (Phi) is 3.16. The van der Waals surface area contributed by atoms with E-state index in [0.29, 0.717) is 0 Å². The summed E-state index contributed by atoms with van der Waals surface area (Å²) in [6.07, 6.45) is 7.28. The summed E-state index contributed by atoms with van der Waals surface area (Å²) in [7, 11) is 0. The van der Waals surface area contributed by atoms with Crippen LogP contribution in [0.15, 0.2) is 67.5 Å². The number of H-pyrrole nitrogens is 1. The molecule has 0 amide bonds. The van der Waals surface area contributed by atoms with Gasteiger partial charge in [0.2, 0.25) is 0 Å². The van der Waals surface area contributed by atoms with E-state index in [4.69, 9.17) is 11.6 Å². The van der Waals surface area contributed by atoms with Crippen molar-refractivity contribution in [2.45, 2.75) is 6.04 Å². The first-order chi connectivity index (χ1) is 10.8. The molecule has 0 fully saturated rings. The third-order valence-corrected chi connectivity index (χ3v) is 3.98. The molecule has 2 aromatic carbocycles. The second-order valence-electron chi connectivity index (χ2n) is 5.15. The highest BCUT2D eigenvalue weighted by molar-refractivity contribution is 6.30. The number of nitrogens with one attached hydrogen (secondary N) is 1. The van der Waals surface area contributed by atoms with Gasteiger partial charge in [0.1, 0.15) is 0 Å². The normalized spacial score (nSPS) is 12.6. The minimum absolute atomic E-state index is 0.0221. The lowest BCUT2D eigenvalue weighted by Gasteiger charge is -2.20. The Hall–Kier alpha value is -2.59. The Morgan fingerprint density at radius 2 is 2.00 bits per heavy atom. The molecule has 0 radical (unpaired) electrons. The summed E-state index contributed by atoms with van der Waals surface area (Å²) in [5.41, 5.74) is 4.24. The van der Waals surface area contributed by atoms with Crippen LogP contribution in [-0.2, 0) is 0 Å². The first kappa shape index (κ1) is 13.1. The van der Waals surface area contributed by atoms with E-state index in [2.05, 4.69) is 37.7 Å². The molecule has 0 saturated heterocycles. The van der Waals surface area contributed by atoms with Crippen molar-refractivity contribution >= 4 is 22.6 Å². The standard InChI is InChI=1S/C17H13ClN4/c18-14-3-1-2-12(8-14)17(22-7-6-19-11-22)13-4-5-15-16(9-13)21-10-20-15/h1-11,17H,(H,20,21)/t17-/m1/s1. The first-order valence-electron chi connectivity index (χ1n) is 6.97. The van der Waals surface area contributed by atoms with E-state index in [-0.39, 0.29) is 6.04 Å². The van der Waals surface area contributed by atoms with Crippen LogP contribution in [0.3, 0.4) is 0 Å². The summed E-state index contributed by atoms with van der Waals surface area (Å²) >= 11 is 6.17. The molecule has 0 aliphatic carbocycles. The zero-order chi connectivity index (χ0) is 14.9. The van der Waals surface area contributed by atoms with E-state index in [1.807, 2.05) is 36.8 Å². The van der Waals surface area contributed by atoms with Gasteiger partial charge >= 0.3 is 0 Å². The molecule has 0 saturated carbocycles. The number of halogens is 1. The van der Waals surface area contributed by atoms with E-state index >= 15 is 0 Å². The quantitative estimate of drug-likeness (QED) is 0.620. The van der Waals surface area contributed by atoms with Crippen LogP contribution in [-0.4, -0.2) is 19.5 Å². The highest BCUT2D eigenvalue weighted by atomic mass is 35.5. The van der Waals surface area contributed by atoms with Gasteiger partial charge in [-0.15, -0.1) is 0 Å². The van der Waals surface area contributed by atoms with Crippen LogP contribution in [0, 0.1) is 0 Å². The SMILES string of the molecule is Clc1cccc([C@H](c2ccc3nc[nH]c3c2)n2ccnc2)c1. The molecular formula is C17H13ClN4. The fraction of sp³-hybridized carbons (Fsp3) is 0.0588. The molecule has 4 rings (SSSR count). The maximum Gasteiger partial charge on any atom is 0.0954 e. The molecule has 1 atom stereocenters. The molecule has 0 aliphatic rings. The zero-order valence-corrected chi connectivity index (χ0v) is 12.4. The average molecular weight is 309 g/mol. The van der Waals surface area contributed by atoms with Gasteiger partial charge in [-0.1, -0.05) is 29.8 Å². The highest BCUT2D eigenvalue weighted by Crippen LogP contribution is 2.29. The minimum atomic E-state index is 0.0221. The van der Waals surface area contributed by atoms with Crippen LogP contribution in [0.1, 0.15) is 17.2 Å². The molecule has 108 valence electrons. The van der Waals surface area contributed by atoms with Gasteiger partial charge in [-0.25, -0.2) is 9.97 Å². The molecule has 0 bridgehead atoms. The molecule has 1 N–H and O–H groups in total. The fourth-order valence-electron chi connectivity index (χ4n) is 2.76. The van der Waals surface area contributed by atoms with E-state index in [0.717, 1.165) is 27.2 Å². The predicted molar refractivity (Wildman–Crippen MR) is 87.0 cm³/mol. The van der Waals surface area contributed by atoms with E-state index in [1.165, 1.54) is 0 Å². The number of hydrogen-bond acceptors (Lipinski definition) is 2. The van der Waals surface area contributed by atoms with Crippen molar-refractivity contribution in [3.63, 3.8) is 0 Å². The lowest BCUT2D eigenvalue weighted by atomic mass is 9.98. The lowest BCUT2D eigenvalue weighted by Crippen LogP contribution is -2.10. The Morgan fingerprint density at radius 1 is 1.09 bits per heavy atom. The molecule has 2 heterocycles. The molecular weight excluding hydrogens is 296 g/mol. The fourth-order valence-corrected chi connectivity index (χ4v) is 2.96. The van der Waals surface area contributed by atoms with Gasteiger partial charge in [0.15, 0.2) is 0 Å². The van der Waals surface area contributed by atoms with Crippen LogP contribution < -0.4 is 0 Å². The van der Waals surface area contributed by atoms with E-state index in [9.17, 15) is 0 Å². The molecule has 0 unspecified atom stereocenters. The highest BCUT2D eigenvalue weighted by Gasteiger charge is 2.17. The maximum atomic E-state index is 6.17. The second-order valence-corrected chi connectivity index (χ2v) is 5.58. The van der Waals surface area contributed by atoms with Gasteiger partial charge in [-0.3, -0.25) is 0 Å². The van der Waals surface area contributed by atoms with Crippen LogP contribution in [0.4, 0.5) is 0 Å². The minimum Gasteiger partial charge on any atom is -0.345 e. The maximum absolute atomic E-state index is 6.17. The molecule has 5 heteroatoms. The first-order valence-corrected chi connectivity index (χ1v) is 7.35. The summed E-state index contributed by atoms with van der Waals surface area (Å²) in [4.78, 5) is 11.6. The van der Waals surface area contributed by atoms with Gasteiger partial charge in [-0.2, -0.15) is 0 Å². The van der Waals surface area contributed by atoms with Crippen LogP contribution >= 0.6 is 11.6 Å². The van der Waals surface area contributed by atoms with Gasteiger partial charge in [0, 0.05) is 17.4 Å². The summed E-state index contributed by atoms with van der Waals surface area (Å²) in [5, 5.41) is 0.727. The number of hydrogen-bond donors (Lipinski definition) is 1. The topological polar surface area (TPSA) is 46.5 Å². The van der Waals surface area contributed by atoms with Crippen molar-refractivity contribution in [2.75, 3.05) is 0 Å². The molecule has 4 nitrogen and oxygen atoms in total. The van der Waals surface area contributed by atoms with Gasteiger partial charge in [-0.05, 0) is 35.4 Å². The van der Waals surface area contributed by atoms with Gasteiger partial charge in [0.05, 0.1) is 29.7 Å². The van der Waals surface area contributed by atoms with Crippen molar-refractivity contribution in [3.8, 4) is 0 Å². The van der Waals surface area contributed by atoms with Crippen LogP contribution in [0.2, 0.25) is 5.02 Å². The van der Waals surface area contributed by atoms with Crippen molar-refractivity contribution in [1.29, 1.82) is 0 Å². The van der Waals surface area contributed by atoms with Crippen molar-refractivity contribution in [1.82, 2.24) is 19.5 Å². The van der Waals surface area contributed by atoms with E-state index in [1.54, 1.807) is 12.5 Å². The Bertz CT molecular complexity index is 911. The third kappa shape index (κ3) is 2.27. The average Bonchev–Trinajstić information content (AvgIpc) is 3.18. The van der Waals surface area contributed by atoms with Crippen molar-refractivity contribution < 1.29 is 0 Å². The molecule has 0 spiro atoms. The molecule has 22 heavy (non-hydrogen) atoms. The second kappa shape index (κ2) is 5.31. The Balaban J connectivity index is 1.90. The number of fused-ring (bicyclic) bond motifs is 1. The smallest absolute Gasteiger partial charge is 0.0954 e. The number of imidazole rings is 2. The number of benzene rings is 2. The van der Waals surface area contributed by atoms with Gasteiger partial charge < -0.3 is 9.55 Å². The molecule has 0 aliphatic heterocycles. The number of nitrogens with zero attached hydrogens (tertiary/aromatic N) is 3. The summed E-state index contributed by atoms with van der Waals surface area (Å²) in [6.45, 7) is 0. The number of aromatic amines is 1. The molecule has 2 aromatic heterocycles. The van der Waals surface area contributed by atoms with Crippen LogP contribution in [0.25, 0.3) is 11.0 Å². The monoisotopic (exact) mass is 308 g/mol. The Labute approximate surface area is 132 Å². The molecule has 4 aromatic rings. The van der Waals surface area contributed by atoms with Crippen molar-refractivity contribution in [2.24, 2.45) is 0 Å².